The summed E-state index contributed by atoms with van der Waals surface area (Å²) < 4.78 is 22.9. The van der Waals surface area contributed by atoms with Gasteiger partial charge in [0.2, 0.25) is 0 Å². The molecule has 9 nitrogen and oxygen atoms in total. The first-order chi connectivity index (χ1) is 43.6. The van der Waals surface area contributed by atoms with Crippen LogP contribution in [0.5, 0.6) is 0 Å². The molecule has 89 heavy (non-hydrogen) atoms. The van der Waals surface area contributed by atoms with Crippen LogP contribution in [-0.4, -0.2) is 87.4 Å². The van der Waals surface area contributed by atoms with Gasteiger partial charge in [0.05, 0.1) is 34.4 Å². The first-order valence-corrected chi connectivity index (χ1v) is 36.7. The minimum absolute atomic E-state index is 0.178. The molecular formula is C80H138NO8+. The number of likely N-dealkylation sites (N-methyl/N-ethyl adjacent to an activating group) is 1. The average molecular weight is 1240 g/mol. The van der Waals surface area contributed by atoms with E-state index in [-0.39, 0.29) is 32.2 Å². The SMILES string of the molecule is CC/C=C\C/C=C\C/C=C\C/C=C\C/C=C\C/C=C\CCCCCCC(=O)OC(COC(=O)CCCCCCCCCCCCCCCCCCCCCCCCCCCCCC/C=C\C/C=C\C/C=C\C/C=C\CC)COC(OCC[N+](C)(C)C)C(=O)O. The standard InChI is InChI=1S/C80H137NO8/c1-6-8-10-12-14-16-18-20-22-24-26-28-30-31-32-33-34-35-36-37-38-39-40-41-42-43-44-45-46-47-49-50-52-54-56-58-60-62-64-66-68-70-77(82)87-74-76(75-88-80(79(84)85)86-73-72-81(3,4)5)89-78(83)71-69-67-65-63-61-59-57-55-53-51-48-29-27-25-23-21-19-17-15-13-11-9-7-2/h8-11,14-17,20-23,26-29,51,53,57,59,76,80H,6-7,12-13,18-19,24-25,30-50,52,54-56,58,60-75H2,1-5H3/p+1/b10-8-,11-9-,16-14-,17-15-,22-20-,23-21-,28-26-,29-27-,53-51-,59-57-. The molecule has 1 N–H and O–H groups in total. The van der Waals surface area contributed by atoms with E-state index in [1.165, 1.54) is 167 Å². The Kier molecular flexibility index (Phi) is 66.2. The molecule has 2 atom stereocenters. The summed E-state index contributed by atoms with van der Waals surface area (Å²) in [6.45, 7) is 4.64. The highest BCUT2D eigenvalue weighted by molar-refractivity contribution is 5.71. The number of quaternary nitrogens is 1. The van der Waals surface area contributed by atoms with E-state index >= 15 is 0 Å². The van der Waals surface area contributed by atoms with E-state index in [1.54, 1.807) is 0 Å². The number of nitrogens with zero attached hydrogens (tertiary/aromatic N) is 1. The number of hydrogen-bond donors (Lipinski definition) is 1. The number of unbranched alkanes of at least 4 members (excludes halogenated alkanes) is 32. The van der Waals surface area contributed by atoms with E-state index < -0.39 is 24.3 Å². The minimum atomic E-state index is -1.52. The van der Waals surface area contributed by atoms with E-state index in [9.17, 15) is 19.5 Å². The summed E-state index contributed by atoms with van der Waals surface area (Å²) >= 11 is 0. The predicted octanol–water partition coefficient (Wildman–Crippen LogP) is 23.1. The highest BCUT2D eigenvalue weighted by Crippen LogP contribution is 2.18. The molecule has 0 rings (SSSR count). The summed E-state index contributed by atoms with van der Waals surface area (Å²) in [5.41, 5.74) is 0. The Morgan fingerprint density at radius 3 is 0.899 bits per heavy atom. The third kappa shape index (κ3) is 71.0. The summed E-state index contributed by atoms with van der Waals surface area (Å²) in [7, 11) is 5.97. The highest BCUT2D eigenvalue weighted by Gasteiger charge is 2.25. The number of carbonyl (C=O) groups is 3. The van der Waals surface area contributed by atoms with Crippen LogP contribution in [0.1, 0.15) is 309 Å². The molecule has 0 aliphatic heterocycles. The van der Waals surface area contributed by atoms with Gasteiger partial charge in [0.1, 0.15) is 13.2 Å². The second-order valence-corrected chi connectivity index (χ2v) is 25.5. The number of carboxylic acid groups (broad SMARTS) is 1. The first kappa shape index (κ1) is 84.7. The van der Waals surface area contributed by atoms with Gasteiger partial charge < -0.3 is 28.5 Å². The minimum Gasteiger partial charge on any atom is -0.477 e. The van der Waals surface area contributed by atoms with Crippen LogP contribution in [0.25, 0.3) is 0 Å². The Balaban J connectivity index is 4.01. The maximum absolute atomic E-state index is 12.9. The van der Waals surface area contributed by atoms with E-state index in [0.717, 1.165) is 109 Å². The quantitative estimate of drug-likeness (QED) is 0.0211. The monoisotopic (exact) mass is 1240 g/mol. The Bertz CT molecular complexity index is 1880. The zero-order valence-electron chi connectivity index (χ0n) is 58.3. The van der Waals surface area contributed by atoms with Crippen molar-refractivity contribution in [2.75, 3.05) is 47.5 Å². The van der Waals surface area contributed by atoms with Gasteiger partial charge in [0.25, 0.3) is 6.29 Å². The van der Waals surface area contributed by atoms with Crippen molar-refractivity contribution in [3.05, 3.63) is 122 Å². The molecule has 0 heterocycles. The van der Waals surface area contributed by atoms with Gasteiger partial charge in [-0.1, -0.05) is 315 Å². The van der Waals surface area contributed by atoms with Crippen molar-refractivity contribution in [1.82, 2.24) is 0 Å². The Hall–Kier alpha value is -4.31. The number of ether oxygens (including phenoxy) is 4. The molecule has 0 aliphatic carbocycles. The topological polar surface area (TPSA) is 108 Å². The van der Waals surface area contributed by atoms with Gasteiger partial charge in [-0.3, -0.25) is 9.59 Å². The van der Waals surface area contributed by atoms with Crippen LogP contribution in [-0.2, 0) is 33.3 Å². The van der Waals surface area contributed by atoms with Crippen molar-refractivity contribution in [3.63, 3.8) is 0 Å². The van der Waals surface area contributed by atoms with E-state index in [2.05, 4.69) is 135 Å². The van der Waals surface area contributed by atoms with Crippen LogP contribution in [0.15, 0.2) is 122 Å². The lowest BCUT2D eigenvalue weighted by Gasteiger charge is -2.25. The lowest BCUT2D eigenvalue weighted by Crippen LogP contribution is -2.40. The molecule has 0 radical (unpaired) electrons. The molecule has 0 aromatic heterocycles. The number of esters is 2. The normalized spacial score (nSPS) is 13.4. The van der Waals surface area contributed by atoms with Crippen molar-refractivity contribution >= 4 is 17.9 Å². The maximum Gasteiger partial charge on any atom is 0.361 e. The molecule has 9 heteroatoms. The summed E-state index contributed by atoms with van der Waals surface area (Å²) in [4.78, 5) is 37.6. The Labute approximate surface area is 548 Å². The molecule has 0 bridgehead atoms. The largest absolute Gasteiger partial charge is 0.477 e. The molecule has 0 amide bonds. The zero-order valence-corrected chi connectivity index (χ0v) is 58.3. The molecule has 0 aliphatic rings. The van der Waals surface area contributed by atoms with Crippen molar-refractivity contribution in [2.24, 2.45) is 0 Å². The lowest BCUT2D eigenvalue weighted by molar-refractivity contribution is -0.870. The molecular weight excluding hydrogens is 1100 g/mol. The summed E-state index contributed by atoms with van der Waals surface area (Å²) in [6, 6.07) is 0. The smallest absolute Gasteiger partial charge is 0.361 e. The molecule has 0 aromatic rings. The fraction of sp³-hybridized carbons (Fsp3) is 0.713. The maximum atomic E-state index is 12.9. The summed E-state index contributed by atoms with van der Waals surface area (Å²) in [6.07, 6.45) is 96.3. The van der Waals surface area contributed by atoms with Crippen LogP contribution >= 0.6 is 0 Å². The molecule has 0 saturated carbocycles. The van der Waals surface area contributed by atoms with E-state index in [1.807, 2.05) is 21.1 Å². The van der Waals surface area contributed by atoms with Gasteiger partial charge in [0, 0.05) is 12.8 Å². The fourth-order valence-electron chi connectivity index (χ4n) is 10.2. The molecule has 0 saturated heterocycles. The van der Waals surface area contributed by atoms with Crippen LogP contribution < -0.4 is 0 Å². The lowest BCUT2D eigenvalue weighted by atomic mass is 10.0. The average Bonchev–Trinajstić information content (AvgIpc) is 3.64. The fourth-order valence-corrected chi connectivity index (χ4v) is 10.2. The van der Waals surface area contributed by atoms with Gasteiger partial charge in [-0.2, -0.15) is 0 Å². The van der Waals surface area contributed by atoms with Crippen LogP contribution in [0.3, 0.4) is 0 Å². The predicted molar refractivity (Wildman–Crippen MR) is 382 cm³/mol. The van der Waals surface area contributed by atoms with Gasteiger partial charge in [-0.05, 0) is 103 Å². The van der Waals surface area contributed by atoms with Crippen molar-refractivity contribution in [3.8, 4) is 0 Å². The van der Waals surface area contributed by atoms with Crippen molar-refractivity contribution in [1.29, 1.82) is 0 Å². The highest BCUT2D eigenvalue weighted by atomic mass is 16.7. The molecule has 0 aromatic carbocycles. The summed E-state index contributed by atoms with van der Waals surface area (Å²) in [5, 5.41) is 9.74. The van der Waals surface area contributed by atoms with Crippen LogP contribution in [0.2, 0.25) is 0 Å². The Morgan fingerprint density at radius 2 is 0.607 bits per heavy atom. The number of carbonyl (C=O) groups excluding carboxylic acids is 2. The van der Waals surface area contributed by atoms with E-state index in [4.69, 9.17) is 18.9 Å². The van der Waals surface area contributed by atoms with Crippen molar-refractivity contribution < 1.29 is 42.9 Å². The number of hydrogen-bond acceptors (Lipinski definition) is 7. The third-order valence-corrected chi connectivity index (χ3v) is 15.7. The molecule has 0 spiro atoms. The Morgan fingerprint density at radius 1 is 0.337 bits per heavy atom. The number of allylic oxidation sites excluding steroid dienone is 20. The first-order valence-electron chi connectivity index (χ1n) is 36.7. The second-order valence-electron chi connectivity index (χ2n) is 25.5. The zero-order chi connectivity index (χ0) is 64.7. The third-order valence-electron chi connectivity index (χ3n) is 15.7. The number of rotatable bonds is 67. The van der Waals surface area contributed by atoms with Gasteiger partial charge in [0.15, 0.2) is 6.10 Å². The second kappa shape index (κ2) is 69.6. The molecule has 510 valence electrons. The van der Waals surface area contributed by atoms with Gasteiger partial charge in [-0.25, -0.2) is 4.79 Å². The number of carboxylic acids is 1. The van der Waals surface area contributed by atoms with Crippen LogP contribution in [0.4, 0.5) is 0 Å². The summed E-state index contributed by atoms with van der Waals surface area (Å²) in [5.74, 6) is -2.03. The van der Waals surface area contributed by atoms with E-state index in [0.29, 0.717) is 23.9 Å². The van der Waals surface area contributed by atoms with Crippen molar-refractivity contribution in [2.45, 2.75) is 322 Å². The molecule has 0 fully saturated rings. The van der Waals surface area contributed by atoms with Gasteiger partial charge in [-0.15, -0.1) is 0 Å². The van der Waals surface area contributed by atoms with Crippen LogP contribution in [0, 0.1) is 0 Å². The van der Waals surface area contributed by atoms with Gasteiger partial charge >= 0.3 is 17.9 Å². The molecule has 2 unspecified atom stereocenters. The number of aliphatic carboxylic acids is 1.